The topological polar surface area (TPSA) is 84.9 Å². The summed E-state index contributed by atoms with van der Waals surface area (Å²) in [5.41, 5.74) is 2.20. The first-order valence-corrected chi connectivity index (χ1v) is 7.92. The highest BCUT2D eigenvalue weighted by Crippen LogP contribution is 2.31. The Kier molecular flexibility index (Phi) is 4.61. The van der Waals surface area contributed by atoms with Gasteiger partial charge in [-0.05, 0) is 54.8 Å². The molecule has 0 bridgehead atoms. The summed E-state index contributed by atoms with van der Waals surface area (Å²) < 4.78 is 10.9. The Bertz CT molecular complexity index is 831. The Morgan fingerprint density at radius 1 is 1.24 bits per heavy atom. The number of hydrogen-bond donors (Lipinski definition) is 2. The smallest absolute Gasteiger partial charge is 0.336 e. The van der Waals surface area contributed by atoms with Crippen molar-refractivity contribution in [2.45, 2.75) is 13.3 Å². The third kappa shape index (κ3) is 3.57. The zero-order chi connectivity index (χ0) is 18.0. The van der Waals surface area contributed by atoms with E-state index in [4.69, 9.17) is 9.47 Å². The van der Waals surface area contributed by atoms with Gasteiger partial charge in [-0.15, -0.1) is 0 Å². The van der Waals surface area contributed by atoms with E-state index in [1.807, 2.05) is 18.2 Å². The SMILES string of the molecule is COc1ccc2c(c1)CC(C(=O)Nc1ccc(C)c(C(=O)O)c1)CO2. The van der Waals surface area contributed by atoms with Gasteiger partial charge in [0, 0.05) is 5.69 Å². The predicted octanol–water partition coefficient (Wildman–Crippen LogP) is 2.89. The van der Waals surface area contributed by atoms with Gasteiger partial charge < -0.3 is 19.9 Å². The zero-order valence-corrected chi connectivity index (χ0v) is 14.0. The molecular weight excluding hydrogens is 322 g/mol. The van der Waals surface area contributed by atoms with Crippen LogP contribution in [-0.2, 0) is 11.2 Å². The van der Waals surface area contributed by atoms with Crippen molar-refractivity contribution in [3.05, 3.63) is 53.1 Å². The molecule has 130 valence electrons. The number of benzene rings is 2. The summed E-state index contributed by atoms with van der Waals surface area (Å²) in [5.74, 6) is -0.0973. The van der Waals surface area contributed by atoms with E-state index in [9.17, 15) is 14.7 Å². The zero-order valence-electron chi connectivity index (χ0n) is 14.0. The van der Waals surface area contributed by atoms with Gasteiger partial charge >= 0.3 is 5.97 Å². The van der Waals surface area contributed by atoms with Crippen molar-refractivity contribution in [3.8, 4) is 11.5 Å². The molecule has 1 atom stereocenters. The van der Waals surface area contributed by atoms with Gasteiger partial charge in [0.05, 0.1) is 18.6 Å². The quantitative estimate of drug-likeness (QED) is 0.893. The Hall–Kier alpha value is -3.02. The van der Waals surface area contributed by atoms with Gasteiger partial charge in [-0.1, -0.05) is 6.07 Å². The first-order valence-electron chi connectivity index (χ1n) is 7.92. The molecule has 6 nitrogen and oxygen atoms in total. The standard InChI is InChI=1S/C19H19NO5/c1-11-3-4-14(9-16(11)19(22)23)20-18(21)13-7-12-8-15(24-2)5-6-17(12)25-10-13/h3-6,8-9,13H,7,10H2,1-2H3,(H,20,21)(H,22,23). The van der Waals surface area contributed by atoms with Crippen molar-refractivity contribution >= 4 is 17.6 Å². The lowest BCUT2D eigenvalue weighted by atomic mass is 9.95. The minimum atomic E-state index is -1.02. The van der Waals surface area contributed by atoms with Gasteiger partial charge in [0.1, 0.15) is 18.1 Å². The molecule has 0 aromatic heterocycles. The van der Waals surface area contributed by atoms with Crippen LogP contribution >= 0.6 is 0 Å². The lowest BCUT2D eigenvalue weighted by Gasteiger charge is -2.25. The molecule has 1 amide bonds. The van der Waals surface area contributed by atoms with Crippen LogP contribution in [0.1, 0.15) is 21.5 Å². The molecule has 0 saturated heterocycles. The molecule has 2 N–H and O–H groups in total. The molecule has 0 fully saturated rings. The van der Waals surface area contributed by atoms with Gasteiger partial charge in [-0.25, -0.2) is 4.79 Å². The first-order chi connectivity index (χ1) is 12.0. The van der Waals surface area contributed by atoms with Crippen LogP contribution in [0, 0.1) is 12.8 Å². The number of rotatable bonds is 4. The number of carboxylic acids is 1. The van der Waals surface area contributed by atoms with E-state index in [1.165, 1.54) is 6.07 Å². The molecular formula is C19H19NO5. The molecule has 1 aliphatic heterocycles. The van der Waals surface area contributed by atoms with E-state index in [1.54, 1.807) is 26.2 Å². The summed E-state index contributed by atoms with van der Waals surface area (Å²) >= 11 is 0. The lowest BCUT2D eigenvalue weighted by Crippen LogP contribution is -2.32. The normalized spacial score (nSPS) is 15.7. The minimum absolute atomic E-state index is 0.174. The Morgan fingerprint density at radius 2 is 2.04 bits per heavy atom. The summed E-state index contributed by atoms with van der Waals surface area (Å²) in [6.45, 7) is 2.00. The fraction of sp³-hybridized carbons (Fsp3) is 0.263. The number of amides is 1. The molecule has 2 aromatic carbocycles. The maximum absolute atomic E-state index is 12.5. The maximum Gasteiger partial charge on any atom is 0.336 e. The average Bonchev–Trinajstić information content (AvgIpc) is 2.62. The van der Waals surface area contributed by atoms with Crippen molar-refractivity contribution in [2.75, 3.05) is 19.0 Å². The lowest BCUT2D eigenvalue weighted by molar-refractivity contribution is -0.121. The average molecular weight is 341 g/mol. The summed E-state index contributed by atoms with van der Waals surface area (Å²) in [6, 6.07) is 10.4. The van der Waals surface area contributed by atoms with E-state index in [2.05, 4.69) is 5.32 Å². The number of aromatic carboxylic acids is 1. The van der Waals surface area contributed by atoms with E-state index >= 15 is 0 Å². The number of anilines is 1. The fourth-order valence-electron chi connectivity index (χ4n) is 2.84. The highest BCUT2D eigenvalue weighted by molar-refractivity contribution is 5.96. The Balaban J connectivity index is 1.74. The number of carboxylic acid groups (broad SMARTS) is 1. The van der Waals surface area contributed by atoms with Gasteiger partial charge in [-0.2, -0.15) is 0 Å². The first kappa shape index (κ1) is 16.8. The Labute approximate surface area is 145 Å². The van der Waals surface area contributed by atoms with Crippen LogP contribution in [0.5, 0.6) is 11.5 Å². The van der Waals surface area contributed by atoms with E-state index < -0.39 is 5.97 Å². The highest BCUT2D eigenvalue weighted by atomic mass is 16.5. The number of methoxy groups -OCH3 is 1. The van der Waals surface area contributed by atoms with Crippen LogP contribution in [0.25, 0.3) is 0 Å². The summed E-state index contributed by atoms with van der Waals surface area (Å²) in [5, 5.41) is 12.0. The van der Waals surface area contributed by atoms with E-state index in [-0.39, 0.29) is 24.0 Å². The number of nitrogens with one attached hydrogen (secondary N) is 1. The van der Waals surface area contributed by atoms with Crippen molar-refractivity contribution < 1.29 is 24.2 Å². The number of ether oxygens (including phenoxy) is 2. The number of aryl methyl sites for hydroxylation is 1. The molecule has 0 spiro atoms. The van der Waals surface area contributed by atoms with Crippen LogP contribution in [0.3, 0.4) is 0 Å². The summed E-state index contributed by atoms with van der Waals surface area (Å²) in [7, 11) is 1.59. The van der Waals surface area contributed by atoms with Gasteiger partial charge in [0.15, 0.2) is 0 Å². The maximum atomic E-state index is 12.5. The third-order valence-electron chi connectivity index (χ3n) is 4.28. The monoisotopic (exact) mass is 341 g/mol. The third-order valence-corrected chi connectivity index (χ3v) is 4.28. The number of fused-ring (bicyclic) bond motifs is 1. The molecule has 1 heterocycles. The number of carbonyl (C=O) groups is 2. The molecule has 6 heteroatoms. The summed E-state index contributed by atoms with van der Waals surface area (Å²) in [4.78, 5) is 23.7. The second-order valence-electron chi connectivity index (χ2n) is 6.01. The largest absolute Gasteiger partial charge is 0.497 e. The van der Waals surface area contributed by atoms with Crippen molar-refractivity contribution in [3.63, 3.8) is 0 Å². The highest BCUT2D eigenvalue weighted by Gasteiger charge is 2.26. The molecule has 0 radical (unpaired) electrons. The molecule has 3 rings (SSSR count). The van der Waals surface area contributed by atoms with Crippen LogP contribution in [0.15, 0.2) is 36.4 Å². The van der Waals surface area contributed by atoms with Crippen molar-refractivity contribution in [1.82, 2.24) is 0 Å². The van der Waals surface area contributed by atoms with E-state index in [0.29, 0.717) is 23.4 Å². The summed E-state index contributed by atoms with van der Waals surface area (Å²) in [6.07, 6.45) is 0.538. The van der Waals surface area contributed by atoms with Crippen LogP contribution < -0.4 is 14.8 Å². The molecule has 0 saturated carbocycles. The van der Waals surface area contributed by atoms with Crippen molar-refractivity contribution in [2.24, 2.45) is 5.92 Å². The van der Waals surface area contributed by atoms with Crippen LogP contribution in [0.4, 0.5) is 5.69 Å². The van der Waals surface area contributed by atoms with Gasteiger partial charge in [0.2, 0.25) is 5.91 Å². The fourth-order valence-corrected chi connectivity index (χ4v) is 2.84. The second-order valence-corrected chi connectivity index (χ2v) is 6.01. The number of carbonyl (C=O) groups excluding carboxylic acids is 1. The minimum Gasteiger partial charge on any atom is -0.497 e. The van der Waals surface area contributed by atoms with Crippen LogP contribution in [0.2, 0.25) is 0 Å². The molecule has 25 heavy (non-hydrogen) atoms. The van der Waals surface area contributed by atoms with E-state index in [0.717, 1.165) is 11.3 Å². The Morgan fingerprint density at radius 3 is 2.76 bits per heavy atom. The van der Waals surface area contributed by atoms with Crippen LogP contribution in [-0.4, -0.2) is 30.7 Å². The molecule has 1 aliphatic rings. The molecule has 0 aliphatic carbocycles. The molecule has 2 aromatic rings. The van der Waals surface area contributed by atoms with Gasteiger partial charge in [-0.3, -0.25) is 4.79 Å². The second kappa shape index (κ2) is 6.84. The molecule has 1 unspecified atom stereocenters. The predicted molar refractivity (Wildman–Crippen MR) is 92.5 cm³/mol. The van der Waals surface area contributed by atoms with Crippen molar-refractivity contribution in [1.29, 1.82) is 0 Å². The number of hydrogen-bond acceptors (Lipinski definition) is 4. The van der Waals surface area contributed by atoms with Gasteiger partial charge in [0.25, 0.3) is 0 Å².